The molecule has 0 spiro atoms. The minimum Gasteiger partial charge on any atom is -0.481 e. The SMILES string of the molecule is CC(C)CC(NC(=O)C(CS)NC(=O)C(N)CC(=O)O)C(=O)NC(C(=O)O)C(C)C. The van der Waals surface area contributed by atoms with Crippen LogP contribution < -0.4 is 21.7 Å². The van der Waals surface area contributed by atoms with Gasteiger partial charge in [0.05, 0.1) is 12.5 Å². The van der Waals surface area contributed by atoms with E-state index in [1.807, 2.05) is 13.8 Å². The second-order valence-corrected chi connectivity index (χ2v) is 8.07. The molecule has 12 heteroatoms. The number of carboxylic acid groups (broad SMARTS) is 2. The van der Waals surface area contributed by atoms with E-state index >= 15 is 0 Å². The average molecular weight is 449 g/mol. The lowest BCUT2D eigenvalue weighted by Crippen LogP contribution is -2.58. The third kappa shape index (κ3) is 9.92. The molecule has 0 aromatic carbocycles. The molecule has 172 valence electrons. The molecule has 11 nitrogen and oxygen atoms in total. The second kappa shape index (κ2) is 13.1. The molecule has 0 bridgehead atoms. The molecule has 0 aliphatic heterocycles. The monoisotopic (exact) mass is 448 g/mol. The summed E-state index contributed by atoms with van der Waals surface area (Å²) in [6.07, 6.45) is -0.384. The summed E-state index contributed by atoms with van der Waals surface area (Å²) in [5.41, 5.74) is 5.48. The van der Waals surface area contributed by atoms with Crippen molar-refractivity contribution in [3.05, 3.63) is 0 Å². The van der Waals surface area contributed by atoms with Crippen LogP contribution in [-0.2, 0) is 24.0 Å². The van der Waals surface area contributed by atoms with Gasteiger partial charge in [0.1, 0.15) is 18.1 Å². The standard InChI is InChI=1S/C18H32N4O7S/c1-8(2)5-11(16(26)22-14(9(3)4)18(28)29)20-17(27)12(7-30)21-15(25)10(19)6-13(23)24/h8-12,14,30H,5-7,19H2,1-4H3,(H,20,27)(H,21,25)(H,22,26)(H,23,24)(H,28,29). The Kier molecular flexibility index (Phi) is 12.0. The first-order valence-corrected chi connectivity index (χ1v) is 10.1. The average Bonchev–Trinajstić information content (AvgIpc) is 2.61. The van der Waals surface area contributed by atoms with Crippen LogP contribution in [0, 0.1) is 11.8 Å². The van der Waals surface area contributed by atoms with E-state index in [9.17, 15) is 29.1 Å². The lowest BCUT2D eigenvalue weighted by atomic mass is 10.00. The van der Waals surface area contributed by atoms with Crippen molar-refractivity contribution < 1.29 is 34.2 Å². The van der Waals surface area contributed by atoms with Crippen molar-refractivity contribution in [2.24, 2.45) is 17.6 Å². The maximum Gasteiger partial charge on any atom is 0.326 e. The molecule has 0 radical (unpaired) electrons. The number of carboxylic acids is 2. The maximum absolute atomic E-state index is 12.6. The Hall–Kier alpha value is -2.34. The zero-order valence-electron chi connectivity index (χ0n) is 17.5. The van der Waals surface area contributed by atoms with E-state index in [0.29, 0.717) is 0 Å². The Morgan fingerprint density at radius 2 is 1.37 bits per heavy atom. The van der Waals surface area contributed by atoms with Gasteiger partial charge in [-0.3, -0.25) is 19.2 Å². The molecular weight excluding hydrogens is 416 g/mol. The molecule has 4 unspecified atom stereocenters. The van der Waals surface area contributed by atoms with Crippen LogP contribution in [0.4, 0.5) is 0 Å². The largest absolute Gasteiger partial charge is 0.481 e. The highest BCUT2D eigenvalue weighted by Gasteiger charge is 2.31. The predicted octanol–water partition coefficient (Wildman–Crippen LogP) is -1.04. The van der Waals surface area contributed by atoms with Gasteiger partial charge in [-0.25, -0.2) is 4.79 Å². The topological polar surface area (TPSA) is 188 Å². The van der Waals surface area contributed by atoms with Gasteiger partial charge in [0.25, 0.3) is 0 Å². The van der Waals surface area contributed by atoms with Gasteiger partial charge < -0.3 is 31.9 Å². The fourth-order valence-electron chi connectivity index (χ4n) is 2.50. The smallest absolute Gasteiger partial charge is 0.326 e. The van der Waals surface area contributed by atoms with Gasteiger partial charge in [0.2, 0.25) is 17.7 Å². The van der Waals surface area contributed by atoms with Gasteiger partial charge in [-0.15, -0.1) is 0 Å². The summed E-state index contributed by atoms with van der Waals surface area (Å²) >= 11 is 4.01. The van der Waals surface area contributed by atoms with Gasteiger partial charge in [-0.1, -0.05) is 27.7 Å². The molecule has 7 N–H and O–H groups in total. The van der Waals surface area contributed by atoms with Crippen LogP contribution in [0.3, 0.4) is 0 Å². The van der Waals surface area contributed by atoms with Crippen LogP contribution in [0.2, 0.25) is 0 Å². The molecule has 0 aromatic heterocycles. The molecule has 0 fully saturated rings. The van der Waals surface area contributed by atoms with Gasteiger partial charge in [-0.05, 0) is 18.3 Å². The summed E-state index contributed by atoms with van der Waals surface area (Å²) in [4.78, 5) is 59.2. The number of amides is 3. The Morgan fingerprint density at radius 1 is 0.867 bits per heavy atom. The molecule has 0 rings (SSSR count). The molecule has 0 saturated heterocycles. The fourth-order valence-corrected chi connectivity index (χ4v) is 2.75. The number of thiol groups is 1. The van der Waals surface area contributed by atoms with E-state index in [2.05, 4.69) is 28.6 Å². The molecule has 3 amide bonds. The predicted molar refractivity (Wildman–Crippen MR) is 112 cm³/mol. The number of nitrogens with two attached hydrogens (primary N) is 1. The molecule has 4 atom stereocenters. The summed E-state index contributed by atoms with van der Waals surface area (Å²) < 4.78 is 0. The lowest BCUT2D eigenvalue weighted by Gasteiger charge is -2.26. The fraction of sp³-hybridized carbons (Fsp3) is 0.722. The molecule has 30 heavy (non-hydrogen) atoms. The highest BCUT2D eigenvalue weighted by Crippen LogP contribution is 2.08. The summed E-state index contributed by atoms with van der Waals surface area (Å²) in [5.74, 6) is -5.20. The highest BCUT2D eigenvalue weighted by molar-refractivity contribution is 7.80. The minimum atomic E-state index is -1.35. The van der Waals surface area contributed by atoms with Crippen molar-refractivity contribution in [1.82, 2.24) is 16.0 Å². The van der Waals surface area contributed by atoms with E-state index < -0.39 is 60.2 Å². The number of carbonyl (C=O) groups is 5. The van der Waals surface area contributed by atoms with Crippen molar-refractivity contribution in [3.63, 3.8) is 0 Å². The first-order valence-electron chi connectivity index (χ1n) is 9.52. The third-order valence-electron chi connectivity index (χ3n) is 4.12. The van der Waals surface area contributed by atoms with Crippen molar-refractivity contribution in [2.45, 2.75) is 64.7 Å². The Bertz CT molecular complexity index is 642. The van der Waals surface area contributed by atoms with Crippen LogP contribution in [0.1, 0.15) is 40.5 Å². The number of nitrogens with one attached hydrogen (secondary N) is 3. The van der Waals surface area contributed by atoms with Crippen molar-refractivity contribution in [1.29, 1.82) is 0 Å². The van der Waals surface area contributed by atoms with Crippen LogP contribution in [0.25, 0.3) is 0 Å². The van der Waals surface area contributed by atoms with Crippen LogP contribution >= 0.6 is 12.6 Å². The summed E-state index contributed by atoms with van der Waals surface area (Å²) in [5, 5.41) is 25.2. The lowest BCUT2D eigenvalue weighted by molar-refractivity contribution is -0.143. The van der Waals surface area contributed by atoms with Gasteiger partial charge in [-0.2, -0.15) is 12.6 Å². The molecule has 0 aliphatic carbocycles. The molecule has 0 heterocycles. The highest BCUT2D eigenvalue weighted by atomic mass is 32.1. The summed E-state index contributed by atoms with van der Waals surface area (Å²) in [6, 6.07) is -4.68. The van der Waals surface area contributed by atoms with Gasteiger partial charge in [0.15, 0.2) is 0 Å². The zero-order chi connectivity index (χ0) is 23.6. The van der Waals surface area contributed by atoms with Crippen LogP contribution in [-0.4, -0.2) is 69.8 Å². The summed E-state index contributed by atoms with van der Waals surface area (Å²) in [7, 11) is 0. The Balaban J connectivity index is 5.26. The number of rotatable bonds is 13. The minimum absolute atomic E-state index is 0.00332. The molecular formula is C18H32N4O7S. The third-order valence-corrected chi connectivity index (χ3v) is 4.48. The summed E-state index contributed by atoms with van der Waals surface area (Å²) in [6.45, 7) is 6.93. The van der Waals surface area contributed by atoms with Gasteiger partial charge in [0, 0.05) is 5.75 Å². The van der Waals surface area contributed by atoms with Crippen molar-refractivity contribution in [2.75, 3.05) is 5.75 Å². The number of hydrogen-bond acceptors (Lipinski definition) is 7. The normalized spacial score (nSPS) is 15.1. The van der Waals surface area contributed by atoms with E-state index in [-0.39, 0.29) is 24.0 Å². The Labute approximate surface area is 180 Å². The molecule has 0 aromatic rings. The number of hydrogen-bond donors (Lipinski definition) is 7. The molecule has 0 saturated carbocycles. The zero-order valence-corrected chi connectivity index (χ0v) is 18.4. The first-order chi connectivity index (χ1) is 13.8. The number of aliphatic carboxylic acids is 2. The van der Waals surface area contributed by atoms with E-state index in [0.717, 1.165) is 0 Å². The van der Waals surface area contributed by atoms with Crippen LogP contribution in [0.15, 0.2) is 0 Å². The maximum atomic E-state index is 12.6. The van der Waals surface area contributed by atoms with Crippen molar-refractivity contribution >= 4 is 42.3 Å². The quantitative estimate of drug-likeness (QED) is 0.174. The van der Waals surface area contributed by atoms with E-state index in [4.69, 9.17) is 10.8 Å². The van der Waals surface area contributed by atoms with E-state index in [1.165, 1.54) is 0 Å². The number of carbonyl (C=O) groups excluding carboxylic acids is 3. The first kappa shape index (κ1) is 27.7. The Morgan fingerprint density at radius 3 is 1.77 bits per heavy atom. The second-order valence-electron chi connectivity index (χ2n) is 7.71. The van der Waals surface area contributed by atoms with Crippen LogP contribution in [0.5, 0.6) is 0 Å². The molecule has 0 aliphatic rings. The van der Waals surface area contributed by atoms with E-state index in [1.54, 1.807) is 13.8 Å². The van der Waals surface area contributed by atoms with Crippen molar-refractivity contribution in [3.8, 4) is 0 Å². The van der Waals surface area contributed by atoms with Gasteiger partial charge >= 0.3 is 11.9 Å².